The largest absolute Gasteiger partial charge is 0.497 e. The van der Waals surface area contributed by atoms with E-state index < -0.39 is 24.2 Å². The van der Waals surface area contributed by atoms with Crippen LogP contribution in [-0.2, 0) is 9.31 Å². The quantitative estimate of drug-likeness (QED) is 0.840. The number of nitrogens with two attached hydrogens (primary N) is 1. The number of rotatable bonds is 3. The third kappa shape index (κ3) is 2.53. The van der Waals surface area contributed by atoms with Gasteiger partial charge < -0.3 is 19.8 Å². The molecule has 1 fully saturated rings. The molecule has 0 radical (unpaired) electrons. The van der Waals surface area contributed by atoms with Crippen LogP contribution in [-0.4, -0.2) is 31.3 Å². The monoisotopic (exact) mass is 277 g/mol. The standard InChI is InChI=1S/C14H20BNO4/c1-13(2)14(3,4)20-15(19-13)10-6-9(12(16)17)7-11(8-10)18-5/h6-8H,1-5H3,(H2,16,17). The lowest BCUT2D eigenvalue weighted by atomic mass is 9.78. The maximum Gasteiger partial charge on any atom is 0.494 e. The van der Waals surface area contributed by atoms with Gasteiger partial charge >= 0.3 is 7.12 Å². The molecule has 1 aromatic carbocycles. The van der Waals surface area contributed by atoms with E-state index in [4.69, 9.17) is 19.8 Å². The Bertz CT molecular complexity index is 526. The second kappa shape index (κ2) is 4.79. The maximum atomic E-state index is 11.4. The van der Waals surface area contributed by atoms with Crippen molar-refractivity contribution in [1.82, 2.24) is 0 Å². The Morgan fingerprint density at radius 1 is 1.15 bits per heavy atom. The molecule has 6 heteroatoms. The van der Waals surface area contributed by atoms with E-state index >= 15 is 0 Å². The van der Waals surface area contributed by atoms with Crippen molar-refractivity contribution in [3.63, 3.8) is 0 Å². The average molecular weight is 277 g/mol. The first-order valence-corrected chi connectivity index (χ1v) is 6.51. The van der Waals surface area contributed by atoms with Crippen LogP contribution in [0.1, 0.15) is 38.1 Å². The van der Waals surface area contributed by atoms with E-state index in [1.807, 2.05) is 27.7 Å². The maximum absolute atomic E-state index is 11.4. The number of methoxy groups -OCH3 is 1. The second-order valence-corrected chi connectivity index (χ2v) is 5.95. The SMILES string of the molecule is COc1cc(B2OC(C)(C)C(C)(C)O2)cc(C(N)=O)c1. The first-order valence-electron chi connectivity index (χ1n) is 6.51. The van der Waals surface area contributed by atoms with Gasteiger partial charge in [0.1, 0.15) is 5.75 Å². The normalized spacial score (nSPS) is 19.9. The Labute approximate surface area is 119 Å². The molecule has 0 aromatic heterocycles. The Morgan fingerprint density at radius 3 is 2.15 bits per heavy atom. The van der Waals surface area contributed by atoms with Crippen LogP contribution in [0.3, 0.4) is 0 Å². The lowest BCUT2D eigenvalue weighted by Gasteiger charge is -2.32. The van der Waals surface area contributed by atoms with Crippen molar-refractivity contribution >= 4 is 18.5 Å². The highest BCUT2D eigenvalue weighted by molar-refractivity contribution is 6.62. The van der Waals surface area contributed by atoms with Gasteiger partial charge in [-0.25, -0.2) is 0 Å². The van der Waals surface area contributed by atoms with Crippen molar-refractivity contribution in [3.05, 3.63) is 23.8 Å². The fourth-order valence-corrected chi connectivity index (χ4v) is 2.00. The zero-order valence-corrected chi connectivity index (χ0v) is 12.5. The molecule has 1 heterocycles. The molecule has 0 unspecified atom stereocenters. The van der Waals surface area contributed by atoms with E-state index in [1.165, 1.54) is 7.11 Å². The summed E-state index contributed by atoms with van der Waals surface area (Å²) in [4.78, 5) is 11.4. The summed E-state index contributed by atoms with van der Waals surface area (Å²) in [6.45, 7) is 7.90. The van der Waals surface area contributed by atoms with E-state index in [9.17, 15) is 4.79 Å². The van der Waals surface area contributed by atoms with Gasteiger partial charge in [0, 0.05) is 5.56 Å². The molecule has 2 rings (SSSR count). The Hall–Kier alpha value is -1.53. The first kappa shape index (κ1) is 14.9. The van der Waals surface area contributed by atoms with Gasteiger partial charge in [-0.05, 0) is 51.4 Å². The molecular formula is C14H20BNO4. The molecule has 0 bridgehead atoms. The topological polar surface area (TPSA) is 70.8 Å². The molecule has 0 aliphatic carbocycles. The highest BCUT2D eigenvalue weighted by Gasteiger charge is 2.51. The summed E-state index contributed by atoms with van der Waals surface area (Å²) >= 11 is 0. The van der Waals surface area contributed by atoms with Crippen LogP contribution in [0, 0.1) is 0 Å². The van der Waals surface area contributed by atoms with Crippen molar-refractivity contribution in [2.75, 3.05) is 7.11 Å². The Balaban J connectivity index is 2.39. The number of carbonyl (C=O) groups excluding carboxylic acids is 1. The first-order chi connectivity index (χ1) is 9.16. The lowest BCUT2D eigenvalue weighted by Crippen LogP contribution is -2.41. The van der Waals surface area contributed by atoms with Crippen LogP contribution in [0.15, 0.2) is 18.2 Å². The molecule has 1 saturated heterocycles. The highest BCUT2D eigenvalue weighted by atomic mass is 16.7. The van der Waals surface area contributed by atoms with Crippen molar-refractivity contribution in [3.8, 4) is 5.75 Å². The van der Waals surface area contributed by atoms with Gasteiger partial charge in [0.05, 0.1) is 18.3 Å². The van der Waals surface area contributed by atoms with Crippen LogP contribution in [0.2, 0.25) is 0 Å². The Morgan fingerprint density at radius 2 is 1.70 bits per heavy atom. The van der Waals surface area contributed by atoms with Crippen LogP contribution in [0.5, 0.6) is 5.75 Å². The van der Waals surface area contributed by atoms with Crippen molar-refractivity contribution in [2.24, 2.45) is 5.73 Å². The molecule has 5 nitrogen and oxygen atoms in total. The van der Waals surface area contributed by atoms with Crippen LogP contribution in [0.4, 0.5) is 0 Å². The second-order valence-electron chi connectivity index (χ2n) is 5.95. The number of amides is 1. The third-order valence-electron chi connectivity index (χ3n) is 3.97. The van der Waals surface area contributed by atoms with E-state index in [0.29, 0.717) is 11.3 Å². The number of ether oxygens (including phenoxy) is 1. The fraction of sp³-hybridized carbons (Fsp3) is 0.500. The lowest BCUT2D eigenvalue weighted by molar-refractivity contribution is 0.00578. The van der Waals surface area contributed by atoms with E-state index in [0.717, 1.165) is 5.46 Å². The molecule has 0 spiro atoms. The summed E-state index contributed by atoms with van der Waals surface area (Å²) in [5.41, 5.74) is 5.55. The minimum Gasteiger partial charge on any atom is -0.497 e. The molecule has 108 valence electrons. The van der Waals surface area contributed by atoms with Gasteiger partial charge in [-0.15, -0.1) is 0 Å². The summed E-state index contributed by atoms with van der Waals surface area (Å²) in [5.74, 6) is 0.0349. The van der Waals surface area contributed by atoms with Gasteiger partial charge in [0.15, 0.2) is 0 Å². The third-order valence-corrected chi connectivity index (χ3v) is 3.97. The van der Waals surface area contributed by atoms with E-state index in [-0.39, 0.29) is 0 Å². The van der Waals surface area contributed by atoms with Gasteiger partial charge in [-0.1, -0.05) is 0 Å². The van der Waals surface area contributed by atoms with Gasteiger partial charge in [-0.3, -0.25) is 4.79 Å². The number of benzene rings is 1. The number of hydrogen-bond acceptors (Lipinski definition) is 4. The van der Waals surface area contributed by atoms with Crippen molar-refractivity contribution < 1.29 is 18.8 Å². The predicted octanol–water partition coefficient (Wildman–Crippen LogP) is 1.09. The summed E-state index contributed by atoms with van der Waals surface area (Å²) in [6, 6.07) is 5.05. The molecule has 1 aromatic rings. The predicted molar refractivity (Wildman–Crippen MR) is 77.2 cm³/mol. The molecule has 1 amide bonds. The highest BCUT2D eigenvalue weighted by Crippen LogP contribution is 2.36. The zero-order valence-electron chi connectivity index (χ0n) is 12.5. The van der Waals surface area contributed by atoms with Crippen LogP contribution in [0.25, 0.3) is 0 Å². The average Bonchev–Trinajstić information content (AvgIpc) is 2.58. The van der Waals surface area contributed by atoms with Crippen LogP contribution >= 0.6 is 0 Å². The number of carbonyl (C=O) groups is 1. The fourth-order valence-electron chi connectivity index (χ4n) is 2.00. The molecule has 2 N–H and O–H groups in total. The Kier molecular flexibility index (Phi) is 3.56. The summed E-state index contributed by atoms with van der Waals surface area (Å²) in [7, 11) is 0.988. The molecule has 1 aliphatic rings. The number of hydrogen-bond donors (Lipinski definition) is 1. The number of primary amides is 1. The molecular weight excluding hydrogens is 257 g/mol. The van der Waals surface area contributed by atoms with Crippen molar-refractivity contribution in [2.45, 2.75) is 38.9 Å². The molecule has 0 atom stereocenters. The van der Waals surface area contributed by atoms with E-state index in [1.54, 1.807) is 18.2 Å². The van der Waals surface area contributed by atoms with Crippen molar-refractivity contribution in [1.29, 1.82) is 0 Å². The summed E-state index contributed by atoms with van der Waals surface area (Å²) < 4.78 is 17.1. The molecule has 20 heavy (non-hydrogen) atoms. The van der Waals surface area contributed by atoms with Crippen LogP contribution < -0.4 is 15.9 Å². The van der Waals surface area contributed by atoms with Gasteiger partial charge in [0.2, 0.25) is 5.91 Å². The summed E-state index contributed by atoms with van der Waals surface area (Å²) in [5, 5.41) is 0. The minimum absolute atomic E-state index is 0.370. The molecule has 0 saturated carbocycles. The van der Waals surface area contributed by atoms with Gasteiger partial charge in [0.25, 0.3) is 0 Å². The van der Waals surface area contributed by atoms with E-state index in [2.05, 4.69) is 0 Å². The molecule has 1 aliphatic heterocycles. The minimum atomic E-state index is -0.548. The summed E-state index contributed by atoms with van der Waals surface area (Å²) in [6.07, 6.45) is 0. The smallest absolute Gasteiger partial charge is 0.494 e. The van der Waals surface area contributed by atoms with Gasteiger partial charge in [-0.2, -0.15) is 0 Å². The zero-order chi connectivity index (χ0) is 15.1.